The largest absolute Gasteiger partial charge is 0.462 e. The number of ether oxygens (including phenoxy) is 3. The van der Waals surface area contributed by atoms with Crippen LogP contribution in [0.5, 0.6) is 0 Å². The van der Waals surface area contributed by atoms with Gasteiger partial charge in [0.1, 0.15) is 13.2 Å². The highest BCUT2D eigenvalue weighted by molar-refractivity contribution is 5.71. The van der Waals surface area contributed by atoms with Crippen molar-refractivity contribution >= 4 is 17.9 Å². The first kappa shape index (κ1) is 47.4. The number of carbonyl (C=O) groups is 3. The third kappa shape index (κ3) is 37.5. The zero-order valence-electron chi connectivity index (χ0n) is 33.5. The minimum absolute atomic E-state index is 0.0680. The topological polar surface area (TPSA) is 78.9 Å². The van der Waals surface area contributed by atoms with E-state index in [0.29, 0.717) is 19.3 Å². The summed E-state index contributed by atoms with van der Waals surface area (Å²) in [5.74, 6) is 1.48. The lowest BCUT2D eigenvalue weighted by Gasteiger charge is -2.18. The van der Waals surface area contributed by atoms with Gasteiger partial charge in [-0.2, -0.15) is 0 Å². The van der Waals surface area contributed by atoms with Crippen LogP contribution in [0.4, 0.5) is 0 Å². The Morgan fingerprint density at radius 2 is 0.592 bits per heavy atom. The van der Waals surface area contributed by atoms with Gasteiger partial charge in [0.25, 0.3) is 0 Å². The molecular weight excluding hydrogens is 612 g/mol. The standard InChI is InChI=1S/C43H82O6/c1-37(2)29-23-17-11-7-8-14-20-26-32-41(44)47-35-40(49-43(46)34-28-22-16-10-13-19-25-31-39(5)6)36-48-42(45)33-27-21-15-9-12-18-24-30-38(3)4/h37-40H,7-36H2,1-6H3/t40-/m1/s1. The fourth-order valence-corrected chi connectivity index (χ4v) is 6.17. The second-order valence-corrected chi connectivity index (χ2v) is 16.1. The van der Waals surface area contributed by atoms with Crippen molar-refractivity contribution < 1.29 is 28.6 Å². The molecule has 0 aliphatic carbocycles. The second kappa shape index (κ2) is 34.8. The smallest absolute Gasteiger partial charge is 0.306 e. The average molecular weight is 695 g/mol. The number of carbonyl (C=O) groups excluding carboxylic acids is 3. The van der Waals surface area contributed by atoms with E-state index in [9.17, 15) is 14.4 Å². The Labute approximate surface area is 304 Å². The quantitative estimate of drug-likeness (QED) is 0.0369. The van der Waals surface area contributed by atoms with E-state index in [2.05, 4.69) is 41.5 Å². The summed E-state index contributed by atoms with van der Waals surface area (Å²) in [5.41, 5.74) is 0. The first-order valence-electron chi connectivity index (χ1n) is 21.1. The van der Waals surface area contributed by atoms with E-state index < -0.39 is 6.10 Å². The van der Waals surface area contributed by atoms with Crippen LogP contribution in [0.25, 0.3) is 0 Å². The molecule has 0 bridgehead atoms. The fraction of sp³-hybridized carbons (Fsp3) is 0.930. The summed E-state index contributed by atoms with van der Waals surface area (Å²) >= 11 is 0. The molecule has 0 heterocycles. The maximum absolute atomic E-state index is 12.6. The van der Waals surface area contributed by atoms with Crippen molar-refractivity contribution in [3.63, 3.8) is 0 Å². The van der Waals surface area contributed by atoms with Crippen LogP contribution in [0.2, 0.25) is 0 Å². The van der Waals surface area contributed by atoms with Crippen molar-refractivity contribution in [1.29, 1.82) is 0 Å². The highest BCUT2D eigenvalue weighted by Crippen LogP contribution is 2.16. The Morgan fingerprint density at radius 3 is 0.878 bits per heavy atom. The van der Waals surface area contributed by atoms with E-state index >= 15 is 0 Å². The molecule has 0 aliphatic heterocycles. The van der Waals surface area contributed by atoms with Crippen LogP contribution in [0.1, 0.15) is 221 Å². The number of rotatable bonds is 36. The predicted molar refractivity (Wildman–Crippen MR) is 206 cm³/mol. The summed E-state index contributed by atoms with van der Waals surface area (Å²) in [5, 5.41) is 0. The zero-order valence-corrected chi connectivity index (χ0v) is 33.5. The summed E-state index contributed by atoms with van der Waals surface area (Å²) in [7, 11) is 0. The second-order valence-electron chi connectivity index (χ2n) is 16.1. The van der Waals surface area contributed by atoms with Gasteiger partial charge in [0, 0.05) is 19.3 Å². The van der Waals surface area contributed by atoms with Crippen molar-refractivity contribution in [2.24, 2.45) is 17.8 Å². The fourth-order valence-electron chi connectivity index (χ4n) is 6.17. The molecule has 0 aromatic carbocycles. The van der Waals surface area contributed by atoms with Crippen LogP contribution < -0.4 is 0 Å². The maximum Gasteiger partial charge on any atom is 0.306 e. The molecule has 1 atom stereocenters. The molecule has 49 heavy (non-hydrogen) atoms. The van der Waals surface area contributed by atoms with E-state index in [1.54, 1.807) is 0 Å². The number of hydrogen-bond donors (Lipinski definition) is 0. The number of hydrogen-bond acceptors (Lipinski definition) is 6. The van der Waals surface area contributed by atoms with E-state index in [-0.39, 0.29) is 31.1 Å². The monoisotopic (exact) mass is 695 g/mol. The third-order valence-corrected chi connectivity index (χ3v) is 9.40. The molecule has 0 spiro atoms. The van der Waals surface area contributed by atoms with Gasteiger partial charge in [-0.05, 0) is 37.0 Å². The van der Waals surface area contributed by atoms with Gasteiger partial charge < -0.3 is 14.2 Å². The minimum Gasteiger partial charge on any atom is -0.462 e. The summed E-state index contributed by atoms with van der Waals surface area (Å²) in [6.07, 6.45) is 29.7. The van der Waals surface area contributed by atoms with Crippen molar-refractivity contribution in [3.8, 4) is 0 Å². The van der Waals surface area contributed by atoms with Gasteiger partial charge >= 0.3 is 17.9 Å². The molecule has 0 saturated heterocycles. The maximum atomic E-state index is 12.6. The van der Waals surface area contributed by atoms with Crippen LogP contribution >= 0.6 is 0 Å². The molecule has 0 aromatic rings. The van der Waals surface area contributed by atoms with Gasteiger partial charge in [0.2, 0.25) is 0 Å². The van der Waals surface area contributed by atoms with Crippen LogP contribution in [0.3, 0.4) is 0 Å². The zero-order chi connectivity index (χ0) is 36.4. The van der Waals surface area contributed by atoms with Gasteiger partial charge in [0.05, 0.1) is 0 Å². The molecule has 6 nitrogen and oxygen atoms in total. The molecular formula is C43H82O6. The van der Waals surface area contributed by atoms with Gasteiger partial charge in [-0.3, -0.25) is 14.4 Å². The van der Waals surface area contributed by atoms with Crippen molar-refractivity contribution in [2.75, 3.05) is 13.2 Å². The summed E-state index contributed by atoms with van der Waals surface area (Å²) in [4.78, 5) is 37.5. The van der Waals surface area contributed by atoms with Gasteiger partial charge in [0.15, 0.2) is 6.10 Å². The highest BCUT2D eigenvalue weighted by Gasteiger charge is 2.19. The summed E-state index contributed by atoms with van der Waals surface area (Å²) in [6.45, 7) is 13.5. The van der Waals surface area contributed by atoms with Crippen molar-refractivity contribution in [1.82, 2.24) is 0 Å². The van der Waals surface area contributed by atoms with Gasteiger partial charge in [-0.1, -0.05) is 183 Å². The van der Waals surface area contributed by atoms with E-state index in [4.69, 9.17) is 14.2 Å². The van der Waals surface area contributed by atoms with Crippen LogP contribution in [-0.4, -0.2) is 37.2 Å². The van der Waals surface area contributed by atoms with Crippen LogP contribution in [-0.2, 0) is 28.6 Å². The SMILES string of the molecule is CC(C)CCCCCCCCCCC(=O)OC[C@H](COC(=O)CCCCCCCCCC(C)C)OC(=O)CCCCCCCCCC(C)C. The third-order valence-electron chi connectivity index (χ3n) is 9.40. The molecule has 6 heteroatoms. The molecule has 0 fully saturated rings. The molecule has 0 saturated carbocycles. The number of unbranched alkanes of at least 4 members (excludes halogenated alkanes) is 19. The lowest BCUT2D eigenvalue weighted by molar-refractivity contribution is -0.167. The van der Waals surface area contributed by atoms with Crippen molar-refractivity contribution in [2.45, 2.75) is 227 Å². The van der Waals surface area contributed by atoms with Gasteiger partial charge in [-0.25, -0.2) is 0 Å². The Kier molecular flexibility index (Phi) is 33.7. The average Bonchev–Trinajstić information content (AvgIpc) is 3.04. The van der Waals surface area contributed by atoms with E-state index in [0.717, 1.165) is 75.5 Å². The predicted octanol–water partition coefficient (Wildman–Crippen LogP) is 12.9. The molecule has 0 N–H and O–H groups in total. The first-order valence-corrected chi connectivity index (χ1v) is 21.1. The lowest BCUT2D eigenvalue weighted by atomic mass is 10.0. The Hall–Kier alpha value is -1.59. The minimum atomic E-state index is -0.761. The molecule has 0 unspecified atom stereocenters. The van der Waals surface area contributed by atoms with E-state index in [1.165, 1.54) is 103 Å². The number of esters is 3. The Bertz CT molecular complexity index is 761. The molecule has 290 valence electrons. The Balaban J connectivity index is 4.36. The molecule has 0 aromatic heterocycles. The molecule has 0 rings (SSSR count). The molecule has 0 radical (unpaired) electrons. The van der Waals surface area contributed by atoms with E-state index in [1.807, 2.05) is 0 Å². The lowest BCUT2D eigenvalue weighted by Crippen LogP contribution is -2.30. The first-order chi connectivity index (χ1) is 23.6. The van der Waals surface area contributed by atoms with Crippen molar-refractivity contribution in [3.05, 3.63) is 0 Å². The molecule has 0 amide bonds. The summed E-state index contributed by atoms with van der Waals surface area (Å²) < 4.78 is 16.6. The van der Waals surface area contributed by atoms with Gasteiger partial charge in [-0.15, -0.1) is 0 Å². The summed E-state index contributed by atoms with van der Waals surface area (Å²) in [6, 6.07) is 0. The molecule has 0 aliphatic rings. The Morgan fingerprint density at radius 1 is 0.347 bits per heavy atom. The van der Waals surface area contributed by atoms with Crippen LogP contribution in [0.15, 0.2) is 0 Å². The normalized spacial score (nSPS) is 12.2. The highest BCUT2D eigenvalue weighted by atomic mass is 16.6. The van der Waals surface area contributed by atoms with Crippen LogP contribution in [0, 0.1) is 17.8 Å².